The van der Waals surface area contributed by atoms with Gasteiger partial charge < -0.3 is 5.73 Å². The minimum Gasteiger partial charge on any atom is -0.368 e. The second kappa shape index (κ2) is 5.14. The highest BCUT2D eigenvalue weighted by molar-refractivity contribution is 7.18. The number of carbonyl (C=O) groups excluding carboxylic acids is 1. The lowest BCUT2D eigenvalue weighted by Crippen LogP contribution is -2.42. The van der Waals surface area contributed by atoms with Crippen LogP contribution in [0.15, 0.2) is 9.59 Å². The first-order valence-electron chi connectivity index (χ1n) is 7.13. The summed E-state index contributed by atoms with van der Waals surface area (Å²) < 4.78 is 0.978. The van der Waals surface area contributed by atoms with E-state index in [-0.39, 0.29) is 5.56 Å². The molecular formula is C14H17N3O3S. The van der Waals surface area contributed by atoms with Gasteiger partial charge in [0.2, 0.25) is 5.91 Å². The Balaban J connectivity index is 2.35. The van der Waals surface area contributed by atoms with E-state index in [1.54, 1.807) is 6.92 Å². The van der Waals surface area contributed by atoms with Crippen LogP contribution in [-0.4, -0.2) is 15.5 Å². The van der Waals surface area contributed by atoms with Crippen LogP contribution in [0.3, 0.4) is 0 Å². The second-order valence-electron chi connectivity index (χ2n) is 5.35. The molecule has 6 nitrogen and oxygen atoms in total. The molecule has 1 aliphatic rings. The van der Waals surface area contributed by atoms with Gasteiger partial charge in [-0.1, -0.05) is 6.92 Å². The zero-order valence-electron chi connectivity index (χ0n) is 11.8. The summed E-state index contributed by atoms with van der Waals surface area (Å²) in [5, 5.41) is 0.564. The number of hydrogen-bond donors (Lipinski definition) is 2. The monoisotopic (exact) mass is 307 g/mol. The smallest absolute Gasteiger partial charge is 0.330 e. The maximum atomic E-state index is 12.7. The van der Waals surface area contributed by atoms with Crippen molar-refractivity contribution in [3.63, 3.8) is 0 Å². The van der Waals surface area contributed by atoms with Gasteiger partial charge in [0.25, 0.3) is 5.56 Å². The molecule has 7 heteroatoms. The van der Waals surface area contributed by atoms with Crippen molar-refractivity contribution in [1.29, 1.82) is 0 Å². The standard InChI is InChI=1S/C14H17N3O3S/c1-2-8(11(15)18)17-13(19)10-7-5-3-4-6-9(7)21-12(10)16-14(17)20/h8H,2-6H2,1H3,(H2,15,18)(H,16,20). The maximum Gasteiger partial charge on any atom is 0.330 e. The maximum absolute atomic E-state index is 12.7. The summed E-state index contributed by atoms with van der Waals surface area (Å²) in [6, 6.07) is -0.898. The molecule has 2 heterocycles. The zero-order valence-corrected chi connectivity index (χ0v) is 12.6. The van der Waals surface area contributed by atoms with Crippen molar-refractivity contribution >= 4 is 27.5 Å². The summed E-state index contributed by atoms with van der Waals surface area (Å²) in [6.45, 7) is 1.73. The van der Waals surface area contributed by atoms with E-state index >= 15 is 0 Å². The highest BCUT2D eigenvalue weighted by Gasteiger charge is 2.25. The first-order chi connectivity index (χ1) is 10.0. The number of thiophene rings is 1. The fraction of sp³-hybridized carbons (Fsp3) is 0.500. The third-order valence-corrected chi connectivity index (χ3v) is 5.28. The molecule has 3 rings (SSSR count). The average molecular weight is 307 g/mol. The van der Waals surface area contributed by atoms with Gasteiger partial charge in [-0.05, 0) is 37.7 Å². The number of amides is 1. The van der Waals surface area contributed by atoms with Crippen LogP contribution in [0.2, 0.25) is 0 Å². The van der Waals surface area contributed by atoms with Gasteiger partial charge in [0, 0.05) is 4.88 Å². The van der Waals surface area contributed by atoms with E-state index in [2.05, 4.69) is 4.98 Å². The number of aromatic nitrogens is 2. The van der Waals surface area contributed by atoms with Crippen LogP contribution in [-0.2, 0) is 17.6 Å². The molecule has 0 bridgehead atoms. The van der Waals surface area contributed by atoms with Crippen molar-refractivity contribution in [1.82, 2.24) is 9.55 Å². The fourth-order valence-corrected chi connectivity index (χ4v) is 4.32. The van der Waals surface area contributed by atoms with Crippen molar-refractivity contribution in [2.75, 3.05) is 0 Å². The Kier molecular flexibility index (Phi) is 3.44. The molecule has 0 aromatic carbocycles. The van der Waals surface area contributed by atoms with Gasteiger partial charge in [-0.25, -0.2) is 9.36 Å². The number of primary amides is 1. The molecule has 3 N–H and O–H groups in total. The van der Waals surface area contributed by atoms with Crippen LogP contribution in [0, 0.1) is 0 Å². The van der Waals surface area contributed by atoms with E-state index in [4.69, 9.17) is 5.73 Å². The molecule has 21 heavy (non-hydrogen) atoms. The van der Waals surface area contributed by atoms with E-state index < -0.39 is 17.6 Å². The van der Waals surface area contributed by atoms with Gasteiger partial charge in [-0.2, -0.15) is 0 Å². The van der Waals surface area contributed by atoms with Crippen molar-refractivity contribution in [3.8, 4) is 0 Å². The summed E-state index contributed by atoms with van der Waals surface area (Å²) in [5.74, 6) is -0.659. The van der Waals surface area contributed by atoms with E-state index in [9.17, 15) is 14.4 Å². The number of nitrogens with zero attached hydrogens (tertiary/aromatic N) is 1. The van der Waals surface area contributed by atoms with Crippen LogP contribution in [0.1, 0.15) is 42.7 Å². The Bertz CT molecular complexity index is 830. The van der Waals surface area contributed by atoms with Crippen molar-refractivity contribution in [3.05, 3.63) is 31.3 Å². The Labute approximate surface area is 124 Å². The Hall–Kier alpha value is -1.89. The third kappa shape index (κ3) is 2.12. The van der Waals surface area contributed by atoms with Crippen LogP contribution < -0.4 is 17.0 Å². The first kappa shape index (κ1) is 14.1. The largest absolute Gasteiger partial charge is 0.368 e. The highest BCUT2D eigenvalue weighted by Crippen LogP contribution is 2.33. The lowest BCUT2D eigenvalue weighted by atomic mass is 9.97. The number of nitrogens with two attached hydrogens (primary N) is 1. The molecule has 0 saturated heterocycles. The van der Waals surface area contributed by atoms with Gasteiger partial charge in [0.05, 0.1) is 5.39 Å². The molecule has 2 aromatic rings. The summed E-state index contributed by atoms with van der Waals surface area (Å²) in [4.78, 5) is 41.0. The lowest BCUT2D eigenvalue weighted by Gasteiger charge is -2.14. The van der Waals surface area contributed by atoms with Crippen LogP contribution in [0.25, 0.3) is 10.2 Å². The Morgan fingerprint density at radius 3 is 2.76 bits per heavy atom. The van der Waals surface area contributed by atoms with E-state index in [1.165, 1.54) is 16.2 Å². The normalized spacial score (nSPS) is 15.9. The molecule has 0 fully saturated rings. The molecular weight excluding hydrogens is 290 g/mol. The molecule has 0 spiro atoms. The molecule has 2 aromatic heterocycles. The molecule has 1 aliphatic carbocycles. The third-order valence-electron chi connectivity index (χ3n) is 4.07. The predicted octanol–water partition coefficient (Wildman–Crippen LogP) is 1.07. The lowest BCUT2D eigenvalue weighted by molar-refractivity contribution is -0.121. The van der Waals surface area contributed by atoms with Crippen LogP contribution in [0.4, 0.5) is 0 Å². The minimum absolute atomic E-state index is 0.316. The Morgan fingerprint density at radius 1 is 1.38 bits per heavy atom. The second-order valence-corrected chi connectivity index (χ2v) is 6.45. The van der Waals surface area contributed by atoms with Gasteiger partial charge in [-0.3, -0.25) is 14.6 Å². The number of rotatable bonds is 3. The topological polar surface area (TPSA) is 97.9 Å². The molecule has 1 amide bonds. The Morgan fingerprint density at radius 2 is 2.10 bits per heavy atom. The first-order valence-corrected chi connectivity index (χ1v) is 7.94. The quantitative estimate of drug-likeness (QED) is 0.887. The number of H-pyrrole nitrogens is 1. The van der Waals surface area contributed by atoms with Crippen molar-refractivity contribution < 1.29 is 4.79 Å². The molecule has 112 valence electrons. The average Bonchev–Trinajstić information content (AvgIpc) is 2.80. The van der Waals surface area contributed by atoms with E-state index in [0.717, 1.165) is 35.8 Å². The summed E-state index contributed by atoms with van der Waals surface area (Å²) in [5.41, 5.74) is 5.41. The SMILES string of the molecule is CCC(C(N)=O)n1c(=O)[nH]c2sc3c(c2c1=O)CCCC3. The molecule has 1 atom stereocenters. The van der Waals surface area contributed by atoms with Crippen LogP contribution in [0.5, 0.6) is 0 Å². The summed E-state index contributed by atoms with van der Waals surface area (Å²) >= 11 is 1.48. The number of aromatic amines is 1. The molecule has 0 radical (unpaired) electrons. The number of fused-ring (bicyclic) bond motifs is 3. The van der Waals surface area contributed by atoms with E-state index in [0.29, 0.717) is 16.6 Å². The van der Waals surface area contributed by atoms with E-state index in [1.807, 2.05) is 0 Å². The predicted molar refractivity (Wildman–Crippen MR) is 81.9 cm³/mol. The van der Waals surface area contributed by atoms with Gasteiger partial charge in [-0.15, -0.1) is 11.3 Å². The highest BCUT2D eigenvalue weighted by atomic mass is 32.1. The summed E-state index contributed by atoms with van der Waals surface area (Å²) in [7, 11) is 0. The van der Waals surface area contributed by atoms with Crippen molar-refractivity contribution in [2.45, 2.75) is 45.1 Å². The number of aryl methyl sites for hydroxylation is 2. The number of nitrogens with one attached hydrogen (secondary N) is 1. The summed E-state index contributed by atoms with van der Waals surface area (Å²) in [6.07, 6.45) is 4.27. The van der Waals surface area contributed by atoms with Gasteiger partial charge >= 0.3 is 5.69 Å². The molecule has 0 aliphatic heterocycles. The van der Waals surface area contributed by atoms with Gasteiger partial charge in [0.1, 0.15) is 10.9 Å². The molecule has 0 saturated carbocycles. The number of hydrogen-bond acceptors (Lipinski definition) is 4. The van der Waals surface area contributed by atoms with Crippen molar-refractivity contribution in [2.24, 2.45) is 5.73 Å². The van der Waals surface area contributed by atoms with Crippen LogP contribution >= 0.6 is 11.3 Å². The zero-order chi connectivity index (χ0) is 15.1. The minimum atomic E-state index is -0.898. The molecule has 1 unspecified atom stereocenters. The number of carbonyl (C=O) groups is 1. The fourth-order valence-electron chi connectivity index (χ4n) is 3.04. The van der Waals surface area contributed by atoms with Gasteiger partial charge in [0.15, 0.2) is 0 Å².